The Bertz CT molecular complexity index is 518. The molecule has 7 heteroatoms. The second-order valence-corrected chi connectivity index (χ2v) is 4.35. The van der Waals surface area contributed by atoms with E-state index in [0.29, 0.717) is 17.3 Å². The molecule has 0 amide bonds. The molecular formula is C12H16ClN5O. The summed E-state index contributed by atoms with van der Waals surface area (Å²) in [5.74, 6) is 6.33. The number of hydrogen-bond donors (Lipinski definition) is 2. The van der Waals surface area contributed by atoms with Gasteiger partial charge in [-0.25, -0.2) is 5.43 Å². The van der Waals surface area contributed by atoms with Gasteiger partial charge in [-0.2, -0.15) is 5.10 Å². The molecule has 0 aliphatic rings. The van der Waals surface area contributed by atoms with Gasteiger partial charge in [0.15, 0.2) is 5.75 Å². The van der Waals surface area contributed by atoms with Gasteiger partial charge in [-0.15, -0.1) is 0 Å². The summed E-state index contributed by atoms with van der Waals surface area (Å²) in [4.78, 5) is 4.29. The Morgan fingerprint density at radius 3 is 2.79 bits per heavy atom. The summed E-state index contributed by atoms with van der Waals surface area (Å²) < 4.78 is 7.14. The average molecular weight is 282 g/mol. The third kappa shape index (κ3) is 2.70. The smallest absolute Gasteiger partial charge is 0.162 e. The maximum absolute atomic E-state index is 5.85. The van der Waals surface area contributed by atoms with Crippen molar-refractivity contribution in [2.45, 2.75) is 19.5 Å². The monoisotopic (exact) mass is 281 g/mol. The lowest BCUT2D eigenvalue weighted by Crippen LogP contribution is -2.31. The molecule has 0 aromatic carbocycles. The number of pyridine rings is 1. The van der Waals surface area contributed by atoms with Crippen LogP contribution in [0.4, 0.5) is 0 Å². The van der Waals surface area contributed by atoms with Crippen molar-refractivity contribution in [1.29, 1.82) is 0 Å². The summed E-state index contributed by atoms with van der Waals surface area (Å²) in [6.07, 6.45) is 3.25. The van der Waals surface area contributed by atoms with Gasteiger partial charge in [-0.1, -0.05) is 11.6 Å². The Labute approximate surface area is 116 Å². The van der Waals surface area contributed by atoms with E-state index in [1.165, 1.54) is 0 Å². The van der Waals surface area contributed by atoms with Crippen LogP contribution in [0.1, 0.15) is 24.4 Å². The molecule has 3 N–H and O–H groups in total. The van der Waals surface area contributed by atoms with Crippen LogP contribution in [0.5, 0.6) is 5.75 Å². The van der Waals surface area contributed by atoms with Crippen molar-refractivity contribution in [2.75, 3.05) is 7.11 Å². The summed E-state index contributed by atoms with van der Waals surface area (Å²) in [6, 6.07) is 3.28. The first kappa shape index (κ1) is 13.8. The van der Waals surface area contributed by atoms with Gasteiger partial charge in [0.2, 0.25) is 0 Å². The number of nitrogens with zero attached hydrogens (tertiary/aromatic N) is 3. The maximum atomic E-state index is 5.85. The van der Waals surface area contributed by atoms with Crippen LogP contribution in [-0.4, -0.2) is 21.9 Å². The second kappa shape index (κ2) is 6.01. The van der Waals surface area contributed by atoms with E-state index in [1.54, 1.807) is 25.6 Å². The number of nitrogens with two attached hydrogens (primary N) is 1. The van der Waals surface area contributed by atoms with Crippen molar-refractivity contribution in [1.82, 2.24) is 20.2 Å². The van der Waals surface area contributed by atoms with E-state index in [4.69, 9.17) is 22.2 Å². The van der Waals surface area contributed by atoms with Gasteiger partial charge in [0.05, 0.1) is 24.0 Å². The SMILES string of the molecule is CCn1ncc(OC)c1C(NN)c1ccc(Cl)cn1. The molecule has 102 valence electrons. The standard InChI is InChI=1S/C12H16ClN5O/c1-3-18-12(10(19-2)7-16-18)11(17-14)9-5-4-8(13)6-15-9/h4-7,11,17H,3,14H2,1-2H3. The molecule has 0 spiro atoms. The molecule has 2 aromatic rings. The Morgan fingerprint density at radius 1 is 1.47 bits per heavy atom. The largest absolute Gasteiger partial charge is 0.493 e. The number of rotatable bonds is 5. The molecule has 2 heterocycles. The Morgan fingerprint density at radius 2 is 2.26 bits per heavy atom. The first-order chi connectivity index (χ1) is 9.21. The first-order valence-corrected chi connectivity index (χ1v) is 6.26. The van der Waals surface area contributed by atoms with Crippen molar-refractivity contribution in [2.24, 2.45) is 5.84 Å². The molecule has 6 nitrogen and oxygen atoms in total. The maximum Gasteiger partial charge on any atom is 0.162 e. The van der Waals surface area contributed by atoms with Crippen LogP contribution in [0.2, 0.25) is 5.02 Å². The fourth-order valence-electron chi connectivity index (χ4n) is 1.94. The number of hydrogen-bond acceptors (Lipinski definition) is 5. The molecule has 0 fully saturated rings. The average Bonchev–Trinajstić information content (AvgIpc) is 2.85. The zero-order valence-corrected chi connectivity index (χ0v) is 11.6. The third-order valence-corrected chi connectivity index (χ3v) is 3.07. The van der Waals surface area contributed by atoms with E-state index in [-0.39, 0.29) is 6.04 Å². The minimum atomic E-state index is -0.310. The molecule has 2 rings (SSSR count). The summed E-state index contributed by atoms with van der Waals surface area (Å²) in [5, 5.41) is 4.84. The van der Waals surface area contributed by atoms with Gasteiger partial charge in [0.1, 0.15) is 11.7 Å². The minimum Gasteiger partial charge on any atom is -0.493 e. The number of hydrazine groups is 1. The molecule has 1 atom stereocenters. The van der Waals surface area contributed by atoms with Gasteiger partial charge in [0.25, 0.3) is 0 Å². The minimum absolute atomic E-state index is 0.310. The van der Waals surface area contributed by atoms with Gasteiger partial charge in [0, 0.05) is 12.7 Å². The van der Waals surface area contributed by atoms with Gasteiger partial charge in [-0.3, -0.25) is 15.5 Å². The lowest BCUT2D eigenvalue weighted by Gasteiger charge is -2.18. The summed E-state index contributed by atoms with van der Waals surface area (Å²) >= 11 is 5.85. The molecule has 0 saturated carbocycles. The van der Waals surface area contributed by atoms with E-state index < -0.39 is 0 Å². The van der Waals surface area contributed by atoms with E-state index in [0.717, 1.165) is 11.4 Å². The quantitative estimate of drug-likeness (QED) is 0.642. The second-order valence-electron chi connectivity index (χ2n) is 3.91. The molecule has 2 aromatic heterocycles. The zero-order chi connectivity index (χ0) is 13.8. The fourth-order valence-corrected chi connectivity index (χ4v) is 2.05. The van der Waals surface area contributed by atoms with Crippen LogP contribution >= 0.6 is 11.6 Å². The molecular weight excluding hydrogens is 266 g/mol. The number of nitrogens with one attached hydrogen (secondary N) is 1. The number of ether oxygens (including phenoxy) is 1. The molecule has 0 radical (unpaired) electrons. The molecule has 0 aliphatic carbocycles. The number of halogens is 1. The highest BCUT2D eigenvalue weighted by atomic mass is 35.5. The predicted octanol–water partition coefficient (Wildman–Crippen LogP) is 1.51. The Kier molecular flexibility index (Phi) is 4.36. The van der Waals surface area contributed by atoms with Crippen LogP contribution in [-0.2, 0) is 6.54 Å². The zero-order valence-electron chi connectivity index (χ0n) is 10.8. The van der Waals surface area contributed by atoms with E-state index in [1.807, 2.05) is 17.7 Å². The van der Waals surface area contributed by atoms with E-state index in [2.05, 4.69) is 15.5 Å². The highest BCUT2D eigenvalue weighted by Crippen LogP contribution is 2.28. The Balaban J connectivity index is 2.46. The Hall–Kier alpha value is -1.63. The fraction of sp³-hybridized carbons (Fsp3) is 0.333. The normalized spacial score (nSPS) is 12.4. The lowest BCUT2D eigenvalue weighted by molar-refractivity contribution is 0.398. The molecule has 19 heavy (non-hydrogen) atoms. The van der Waals surface area contributed by atoms with Crippen LogP contribution < -0.4 is 16.0 Å². The lowest BCUT2D eigenvalue weighted by atomic mass is 10.1. The van der Waals surface area contributed by atoms with Gasteiger partial charge >= 0.3 is 0 Å². The number of methoxy groups -OCH3 is 1. The number of aryl methyl sites for hydroxylation is 1. The molecule has 1 unspecified atom stereocenters. The molecule has 0 aliphatic heterocycles. The summed E-state index contributed by atoms with van der Waals surface area (Å²) in [7, 11) is 1.60. The van der Waals surface area contributed by atoms with Crippen molar-refractivity contribution in [3.05, 3.63) is 40.9 Å². The number of aromatic nitrogens is 3. The van der Waals surface area contributed by atoms with Gasteiger partial charge in [-0.05, 0) is 19.1 Å². The van der Waals surface area contributed by atoms with Crippen LogP contribution in [0.25, 0.3) is 0 Å². The van der Waals surface area contributed by atoms with Crippen LogP contribution in [0.3, 0.4) is 0 Å². The molecule has 0 bridgehead atoms. The van der Waals surface area contributed by atoms with Crippen molar-refractivity contribution >= 4 is 11.6 Å². The third-order valence-electron chi connectivity index (χ3n) is 2.85. The highest BCUT2D eigenvalue weighted by Gasteiger charge is 2.23. The predicted molar refractivity (Wildman–Crippen MR) is 72.9 cm³/mol. The van der Waals surface area contributed by atoms with E-state index >= 15 is 0 Å². The van der Waals surface area contributed by atoms with Crippen molar-refractivity contribution < 1.29 is 4.74 Å². The van der Waals surface area contributed by atoms with Crippen molar-refractivity contribution in [3.8, 4) is 5.75 Å². The van der Waals surface area contributed by atoms with E-state index in [9.17, 15) is 0 Å². The van der Waals surface area contributed by atoms with Crippen LogP contribution in [0, 0.1) is 0 Å². The molecule has 0 saturated heterocycles. The summed E-state index contributed by atoms with van der Waals surface area (Å²) in [6.45, 7) is 2.71. The van der Waals surface area contributed by atoms with Crippen LogP contribution in [0.15, 0.2) is 24.5 Å². The highest BCUT2D eigenvalue weighted by molar-refractivity contribution is 6.30. The van der Waals surface area contributed by atoms with Gasteiger partial charge < -0.3 is 4.74 Å². The van der Waals surface area contributed by atoms with Crippen molar-refractivity contribution in [3.63, 3.8) is 0 Å². The summed E-state index contributed by atoms with van der Waals surface area (Å²) in [5.41, 5.74) is 4.33. The first-order valence-electron chi connectivity index (χ1n) is 5.88. The topological polar surface area (TPSA) is 78.0 Å².